The first-order chi connectivity index (χ1) is 11.7. The van der Waals surface area contributed by atoms with E-state index in [2.05, 4.69) is 19.1 Å². The van der Waals surface area contributed by atoms with Crippen molar-refractivity contribution in [2.45, 2.75) is 38.9 Å². The fourth-order valence-electron chi connectivity index (χ4n) is 2.89. The first kappa shape index (κ1) is 18.6. The number of hydrogen-bond donors (Lipinski definition) is 0. The molecule has 2 rings (SSSR count). The Morgan fingerprint density at radius 1 is 0.958 bits per heavy atom. The van der Waals surface area contributed by atoms with Crippen LogP contribution < -0.4 is 0 Å². The number of methoxy groups -OCH3 is 1. The lowest BCUT2D eigenvalue weighted by molar-refractivity contribution is 0.0326. The summed E-state index contributed by atoms with van der Waals surface area (Å²) >= 11 is 0. The second-order valence-electron chi connectivity index (χ2n) is 6.32. The first-order valence-electron chi connectivity index (χ1n) is 8.56. The molecule has 0 N–H and O–H groups in total. The molecule has 2 atom stereocenters. The van der Waals surface area contributed by atoms with Crippen molar-refractivity contribution >= 4 is 0 Å². The smallest absolute Gasteiger partial charge is 0.123 e. The van der Waals surface area contributed by atoms with Gasteiger partial charge in [0.2, 0.25) is 0 Å². The number of benzene rings is 2. The van der Waals surface area contributed by atoms with Crippen LogP contribution in [0.1, 0.15) is 30.9 Å². The quantitative estimate of drug-likeness (QED) is 0.609. The summed E-state index contributed by atoms with van der Waals surface area (Å²) in [5, 5.41) is 0. The maximum Gasteiger partial charge on any atom is 0.123 e. The molecule has 0 amide bonds. The van der Waals surface area contributed by atoms with Crippen LogP contribution in [-0.4, -0.2) is 19.8 Å². The van der Waals surface area contributed by atoms with Gasteiger partial charge in [-0.15, -0.1) is 0 Å². The van der Waals surface area contributed by atoms with Crippen LogP contribution in [0.5, 0.6) is 0 Å². The molecule has 2 aromatic rings. The Morgan fingerprint density at radius 2 is 1.67 bits per heavy atom. The first-order valence-corrected chi connectivity index (χ1v) is 8.56. The Hall–Kier alpha value is -1.71. The van der Waals surface area contributed by atoms with Crippen molar-refractivity contribution in [2.75, 3.05) is 13.7 Å². The van der Waals surface area contributed by atoms with Crippen LogP contribution in [0.3, 0.4) is 0 Å². The standard InChI is InChI=1S/C21H27FO2/c1-17(24-16-19-6-4-3-5-7-19)14-20(12-13-23-2)15-18-8-10-21(22)11-9-18/h3-11,17,20H,12-16H2,1-2H3. The van der Waals surface area contributed by atoms with Crippen molar-refractivity contribution in [2.24, 2.45) is 5.92 Å². The summed E-state index contributed by atoms with van der Waals surface area (Å²) in [6.45, 7) is 3.49. The van der Waals surface area contributed by atoms with Gasteiger partial charge in [-0.25, -0.2) is 4.39 Å². The van der Waals surface area contributed by atoms with E-state index in [0.29, 0.717) is 12.5 Å². The van der Waals surface area contributed by atoms with Crippen LogP contribution >= 0.6 is 0 Å². The molecule has 0 bridgehead atoms. The minimum absolute atomic E-state index is 0.174. The van der Waals surface area contributed by atoms with Crippen LogP contribution in [-0.2, 0) is 22.5 Å². The summed E-state index contributed by atoms with van der Waals surface area (Å²) in [5.41, 5.74) is 2.35. The zero-order chi connectivity index (χ0) is 17.2. The maximum absolute atomic E-state index is 13.1. The summed E-state index contributed by atoms with van der Waals surface area (Å²) in [6.07, 6.45) is 3.04. The van der Waals surface area contributed by atoms with E-state index >= 15 is 0 Å². The average molecular weight is 330 g/mol. The van der Waals surface area contributed by atoms with Crippen molar-refractivity contribution in [1.82, 2.24) is 0 Å². The molecule has 0 aromatic heterocycles. The van der Waals surface area contributed by atoms with Crippen LogP contribution in [0.4, 0.5) is 4.39 Å². The topological polar surface area (TPSA) is 18.5 Å². The van der Waals surface area contributed by atoms with E-state index in [1.807, 2.05) is 30.3 Å². The third kappa shape index (κ3) is 6.81. The second-order valence-corrected chi connectivity index (χ2v) is 6.32. The Balaban J connectivity index is 1.85. The van der Waals surface area contributed by atoms with Crippen LogP contribution in [0.25, 0.3) is 0 Å². The molecular weight excluding hydrogens is 303 g/mol. The van der Waals surface area contributed by atoms with Gasteiger partial charge in [-0.05, 0) is 55.4 Å². The molecule has 0 radical (unpaired) electrons. The van der Waals surface area contributed by atoms with Crippen molar-refractivity contribution in [3.63, 3.8) is 0 Å². The van der Waals surface area contributed by atoms with Gasteiger partial charge in [0.25, 0.3) is 0 Å². The molecular formula is C21H27FO2. The van der Waals surface area contributed by atoms with E-state index in [1.54, 1.807) is 7.11 Å². The maximum atomic E-state index is 13.1. The van der Waals surface area contributed by atoms with Gasteiger partial charge in [0, 0.05) is 13.7 Å². The molecule has 0 fully saturated rings. The van der Waals surface area contributed by atoms with Gasteiger partial charge in [0.1, 0.15) is 5.82 Å². The fraction of sp³-hybridized carbons (Fsp3) is 0.429. The van der Waals surface area contributed by atoms with E-state index < -0.39 is 0 Å². The van der Waals surface area contributed by atoms with E-state index in [1.165, 1.54) is 17.7 Å². The van der Waals surface area contributed by atoms with Gasteiger partial charge in [0.05, 0.1) is 12.7 Å². The average Bonchev–Trinajstić information content (AvgIpc) is 2.61. The summed E-state index contributed by atoms with van der Waals surface area (Å²) in [6, 6.07) is 17.0. The van der Waals surface area contributed by atoms with Gasteiger partial charge in [-0.3, -0.25) is 0 Å². The van der Waals surface area contributed by atoms with E-state index in [-0.39, 0.29) is 11.9 Å². The molecule has 0 saturated carbocycles. The van der Waals surface area contributed by atoms with Crippen molar-refractivity contribution < 1.29 is 13.9 Å². The highest BCUT2D eigenvalue weighted by molar-refractivity contribution is 5.16. The van der Waals surface area contributed by atoms with Gasteiger partial charge >= 0.3 is 0 Å². The molecule has 2 nitrogen and oxygen atoms in total. The highest BCUT2D eigenvalue weighted by atomic mass is 19.1. The third-order valence-electron chi connectivity index (χ3n) is 4.21. The monoisotopic (exact) mass is 330 g/mol. The summed E-state index contributed by atoms with van der Waals surface area (Å²) in [4.78, 5) is 0. The molecule has 0 heterocycles. The van der Waals surface area contributed by atoms with Crippen molar-refractivity contribution in [3.8, 4) is 0 Å². The lowest BCUT2D eigenvalue weighted by atomic mass is 9.91. The van der Waals surface area contributed by atoms with E-state index in [0.717, 1.165) is 31.4 Å². The SMILES string of the molecule is COCCC(Cc1ccc(F)cc1)CC(C)OCc1ccccc1. The molecule has 0 aliphatic carbocycles. The predicted octanol–water partition coefficient (Wildman–Crippen LogP) is 5.02. The Morgan fingerprint density at radius 3 is 2.33 bits per heavy atom. The lowest BCUT2D eigenvalue weighted by Crippen LogP contribution is -2.17. The molecule has 2 aromatic carbocycles. The van der Waals surface area contributed by atoms with Crippen molar-refractivity contribution in [1.29, 1.82) is 0 Å². The molecule has 0 saturated heterocycles. The highest BCUT2D eigenvalue weighted by Crippen LogP contribution is 2.20. The number of rotatable bonds is 10. The third-order valence-corrected chi connectivity index (χ3v) is 4.21. The largest absolute Gasteiger partial charge is 0.385 e. The Labute approximate surface area is 144 Å². The molecule has 130 valence electrons. The zero-order valence-corrected chi connectivity index (χ0v) is 14.6. The van der Waals surface area contributed by atoms with Crippen LogP contribution in [0, 0.1) is 11.7 Å². The predicted molar refractivity (Wildman–Crippen MR) is 95.4 cm³/mol. The number of ether oxygens (including phenoxy) is 2. The van der Waals surface area contributed by atoms with E-state index in [4.69, 9.17) is 9.47 Å². The van der Waals surface area contributed by atoms with Gasteiger partial charge in [-0.1, -0.05) is 42.5 Å². The summed E-state index contributed by atoms with van der Waals surface area (Å²) in [5.74, 6) is 0.271. The minimum atomic E-state index is -0.188. The molecule has 0 aliphatic rings. The molecule has 0 aliphatic heterocycles. The number of halogens is 1. The molecule has 24 heavy (non-hydrogen) atoms. The summed E-state index contributed by atoms with van der Waals surface area (Å²) in [7, 11) is 1.73. The Bertz CT molecular complexity index is 568. The lowest BCUT2D eigenvalue weighted by Gasteiger charge is -2.21. The van der Waals surface area contributed by atoms with Gasteiger partial charge in [0.15, 0.2) is 0 Å². The molecule has 2 unspecified atom stereocenters. The van der Waals surface area contributed by atoms with Crippen LogP contribution in [0.2, 0.25) is 0 Å². The molecule has 0 spiro atoms. The molecule has 3 heteroatoms. The summed E-state index contributed by atoms with van der Waals surface area (Å²) < 4.78 is 24.3. The van der Waals surface area contributed by atoms with Crippen LogP contribution in [0.15, 0.2) is 54.6 Å². The highest BCUT2D eigenvalue weighted by Gasteiger charge is 2.15. The second kappa shape index (κ2) is 10.2. The van der Waals surface area contributed by atoms with E-state index in [9.17, 15) is 4.39 Å². The number of hydrogen-bond acceptors (Lipinski definition) is 2. The van der Waals surface area contributed by atoms with Crippen molar-refractivity contribution in [3.05, 3.63) is 71.5 Å². The zero-order valence-electron chi connectivity index (χ0n) is 14.6. The van der Waals surface area contributed by atoms with Gasteiger partial charge < -0.3 is 9.47 Å². The van der Waals surface area contributed by atoms with Gasteiger partial charge in [-0.2, -0.15) is 0 Å². The Kier molecular flexibility index (Phi) is 7.93. The normalized spacial score (nSPS) is 13.6. The fourth-order valence-corrected chi connectivity index (χ4v) is 2.89. The minimum Gasteiger partial charge on any atom is -0.385 e.